The van der Waals surface area contributed by atoms with Crippen molar-refractivity contribution in [2.24, 2.45) is 12.5 Å². The van der Waals surface area contributed by atoms with Gasteiger partial charge in [-0.3, -0.25) is 0 Å². The first-order chi connectivity index (χ1) is 10.3. The molecule has 1 nitrogen and oxygen atoms in total. The Morgan fingerprint density at radius 1 is 1.05 bits per heavy atom. The number of rotatable bonds is 2. The van der Waals surface area contributed by atoms with Crippen LogP contribution in [-0.2, 0) is 26.3 Å². The van der Waals surface area contributed by atoms with Crippen LogP contribution in [0.1, 0.15) is 49.4 Å². The fraction of sp³-hybridized carbons (Fsp3) is 0.476. The van der Waals surface area contributed by atoms with Gasteiger partial charge in [-0.25, -0.2) is 4.57 Å². The topological polar surface area (TPSA) is 3.88 Å². The van der Waals surface area contributed by atoms with Crippen molar-refractivity contribution in [3.05, 3.63) is 52.7 Å². The first kappa shape index (κ1) is 15.3. The molecule has 0 unspecified atom stereocenters. The average molecular weight is 294 g/mol. The summed E-state index contributed by atoms with van der Waals surface area (Å²) in [5, 5.41) is 0. The molecular weight excluding hydrogens is 266 g/mol. The van der Waals surface area contributed by atoms with E-state index < -0.39 is 0 Å². The van der Waals surface area contributed by atoms with E-state index in [2.05, 4.69) is 69.8 Å². The Balaban J connectivity index is 2.06. The molecule has 1 aliphatic carbocycles. The molecular formula is C21H28N+. The van der Waals surface area contributed by atoms with E-state index in [1.54, 1.807) is 11.1 Å². The van der Waals surface area contributed by atoms with Gasteiger partial charge in [0.15, 0.2) is 6.20 Å². The lowest BCUT2D eigenvalue weighted by atomic mass is 9.87. The lowest BCUT2D eigenvalue weighted by Crippen LogP contribution is -2.31. The van der Waals surface area contributed by atoms with Crippen LogP contribution in [0.15, 0.2) is 30.5 Å². The van der Waals surface area contributed by atoms with Gasteiger partial charge in [0.05, 0.1) is 0 Å². The molecule has 1 heterocycles. The Bertz CT molecular complexity index is 705. The second kappa shape index (κ2) is 5.53. The van der Waals surface area contributed by atoms with Crippen LogP contribution in [-0.4, -0.2) is 0 Å². The Labute approximate surface area is 135 Å². The molecule has 2 aromatic rings. The fourth-order valence-electron chi connectivity index (χ4n) is 3.63. The van der Waals surface area contributed by atoms with Gasteiger partial charge in [0.2, 0.25) is 5.69 Å². The maximum Gasteiger partial charge on any atom is 0.212 e. The van der Waals surface area contributed by atoms with Crippen LogP contribution in [0.25, 0.3) is 11.3 Å². The van der Waals surface area contributed by atoms with Gasteiger partial charge < -0.3 is 0 Å². The average Bonchev–Trinajstić information content (AvgIpc) is 2.85. The molecule has 1 aliphatic rings. The van der Waals surface area contributed by atoms with Gasteiger partial charge in [-0.1, -0.05) is 26.8 Å². The van der Waals surface area contributed by atoms with Crippen molar-refractivity contribution in [2.45, 2.75) is 53.4 Å². The third kappa shape index (κ3) is 3.09. The standard InChI is InChI=1S/C21H28N/c1-15-11-17-7-6-8-18(17)13-19(15)20-12-16(9-10-22(20)5)14-21(2,3)4/h9-13H,6-8,14H2,1-5H3/q+1. The van der Waals surface area contributed by atoms with E-state index in [0.717, 1.165) is 6.42 Å². The number of hydrogen-bond donors (Lipinski definition) is 0. The molecule has 0 saturated carbocycles. The number of benzene rings is 1. The predicted molar refractivity (Wildman–Crippen MR) is 93.0 cm³/mol. The summed E-state index contributed by atoms with van der Waals surface area (Å²) in [7, 11) is 2.16. The van der Waals surface area contributed by atoms with Crippen molar-refractivity contribution in [3.8, 4) is 11.3 Å². The van der Waals surface area contributed by atoms with E-state index in [0.29, 0.717) is 5.41 Å². The van der Waals surface area contributed by atoms with Crippen LogP contribution in [0.2, 0.25) is 0 Å². The molecule has 0 N–H and O–H groups in total. The van der Waals surface area contributed by atoms with Crippen LogP contribution in [0, 0.1) is 12.3 Å². The zero-order valence-electron chi connectivity index (χ0n) is 14.7. The number of pyridine rings is 1. The normalized spacial score (nSPS) is 14.2. The summed E-state index contributed by atoms with van der Waals surface area (Å²) in [6, 6.07) is 9.49. The number of nitrogens with zero attached hydrogens (tertiary/aromatic N) is 1. The predicted octanol–water partition coefficient (Wildman–Crippen LogP) is 4.56. The van der Waals surface area contributed by atoms with Crippen LogP contribution in [0.4, 0.5) is 0 Å². The van der Waals surface area contributed by atoms with Crippen molar-refractivity contribution >= 4 is 0 Å². The van der Waals surface area contributed by atoms with Gasteiger partial charge in [-0.15, -0.1) is 0 Å². The first-order valence-corrected chi connectivity index (χ1v) is 8.45. The zero-order chi connectivity index (χ0) is 15.9. The van der Waals surface area contributed by atoms with Crippen molar-refractivity contribution in [1.29, 1.82) is 0 Å². The Hall–Kier alpha value is -1.63. The molecule has 0 atom stereocenters. The summed E-state index contributed by atoms with van der Waals surface area (Å²) < 4.78 is 2.26. The number of fused-ring (bicyclic) bond motifs is 1. The minimum atomic E-state index is 0.324. The molecule has 0 radical (unpaired) electrons. The SMILES string of the molecule is Cc1cc2c(cc1-c1cc(CC(C)(C)C)cc[n+]1C)CCC2. The molecule has 1 aromatic heterocycles. The van der Waals surface area contributed by atoms with E-state index in [1.807, 2.05) is 0 Å². The quantitative estimate of drug-likeness (QED) is 0.715. The second-order valence-corrected chi connectivity index (χ2v) is 8.06. The maximum atomic E-state index is 2.44. The minimum Gasteiger partial charge on any atom is -0.201 e. The molecule has 0 fully saturated rings. The van der Waals surface area contributed by atoms with Crippen LogP contribution in [0.3, 0.4) is 0 Å². The van der Waals surface area contributed by atoms with Crippen molar-refractivity contribution in [3.63, 3.8) is 0 Å². The van der Waals surface area contributed by atoms with Gasteiger partial charge in [-0.05, 0) is 66.3 Å². The van der Waals surface area contributed by atoms with Gasteiger partial charge in [0, 0.05) is 17.7 Å². The largest absolute Gasteiger partial charge is 0.212 e. The third-order valence-electron chi connectivity index (χ3n) is 4.66. The summed E-state index contributed by atoms with van der Waals surface area (Å²) in [6.45, 7) is 9.17. The van der Waals surface area contributed by atoms with Crippen molar-refractivity contribution in [2.75, 3.05) is 0 Å². The summed E-state index contributed by atoms with van der Waals surface area (Å²) in [5.74, 6) is 0. The highest BCUT2D eigenvalue weighted by molar-refractivity contribution is 5.64. The summed E-state index contributed by atoms with van der Waals surface area (Å²) in [6.07, 6.45) is 7.14. The lowest BCUT2D eigenvalue weighted by Gasteiger charge is -2.18. The van der Waals surface area contributed by atoms with Crippen LogP contribution >= 0.6 is 0 Å². The van der Waals surface area contributed by atoms with Gasteiger partial charge in [-0.2, -0.15) is 0 Å². The molecule has 0 saturated heterocycles. The van der Waals surface area contributed by atoms with E-state index in [4.69, 9.17) is 0 Å². The zero-order valence-corrected chi connectivity index (χ0v) is 14.7. The van der Waals surface area contributed by atoms with Gasteiger partial charge in [0.1, 0.15) is 7.05 Å². The third-order valence-corrected chi connectivity index (χ3v) is 4.66. The monoisotopic (exact) mass is 294 g/mol. The molecule has 22 heavy (non-hydrogen) atoms. The van der Waals surface area contributed by atoms with Crippen LogP contribution < -0.4 is 4.57 Å². The summed E-state index contributed by atoms with van der Waals surface area (Å²) in [5.41, 5.74) is 9.03. The van der Waals surface area contributed by atoms with Crippen molar-refractivity contribution < 1.29 is 4.57 Å². The first-order valence-electron chi connectivity index (χ1n) is 8.45. The highest BCUT2D eigenvalue weighted by Crippen LogP contribution is 2.31. The molecule has 0 amide bonds. The summed E-state index contributed by atoms with van der Waals surface area (Å²) in [4.78, 5) is 0. The Morgan fingerprint density at radius 2 is 1.73 bits per heavy atom. The molecule has 0 spiro atoms. The minimum absolute atomic E-state index is 0.324. The van der Waals surface area contributed by atoms with Crippen LogP contribution in [0.5, 0.6) is 0 Å². The Morgan fingerprint density at radius 3 is 2.41 bits per heavy atom. The maximum absolute atomic E-state index is 2.44. The van der Waals surface area contributed by atoms with E-state index in [-0.39, 0.29) is 0 Å². The van der Waals surface area contributed by atoms with E-state index in [1.165, 1.54) is 41.6 Å². The highest BCUT2D eigenvalue weighted by atomic mass is 14.9. The Kier molecular flexibility index (Phi) is 3.84. The number of aromatic nitrogens is 1. The fourth-order valence-corrected chi connectivity index (χ4v) is 3.63. The molecule has 3 rings (SSSR count). The molecule has 0 bridgehead atoms. The molecule has 116 valence electrons. The highest BCUT2D eigenvalue weighted by Gasteiger charge is 2.20. The number of aryl methyl sites for hydroxylation is 4. The molecule has 1 aromatic carbocycles. The second-order valence-electron chi connectivity index (χ2n) is 8.06. The van der Waals surface area contributed by atoms with E-state index in [9.17, 15) is 0 Å². The molecule has 0 aliphatic heterocycles. The lowest BCUT2D eigenvalue weighted by molar-refractivity contribution is -0.660. The number of hydrogen-bond acceptors (Lipinski definition) is 0. The van der Waals surface area contributed by atoms with Gasteiger partial charge >= 0.3 is 0 Å². The summed E-state index contributed by atoms with van der Waals surface area (Å²) >= 11 is 0. The van der Waals surface area contributed by atoms with Crippen molar-refractivity contribution in [1.82, 2.24) is 0 Å². The van der Waals surface area contributed by atoms with Gasteiger partial charge in [0.25, 0.3) is 0 Å². The molecule has 1 heteroatoms. The smallest absolute Gasteiger partial charge is 0.201 e. The van der Waals surface area contributed by atoms with E-state index >= 15 is 0 Å².